The van der Waals surface area contributed by atoms with E-state index in [1.165, 1.54) is 10.8 Å². The van der Waals surface area contributed by atoms with Crippen molar-refractivity contribution in [2.45, 2.75) is 43.9 Å². The molecule has 3 atom stereocenters. The van der Waals surface area contributed by atoms with Gasteiger partial charge in [0.15, 0.2) is 11.6 Å². The van der Waals surface area contributed by atoms with Gasteiger partial charge < -0.3 is 29.8 Å². The minimum Gasteiger partial charge on any atom is -0.382 e. The van der Waals surface area contributed by atoms with Crippen LogP contribution in [0.15, 0.2) is 109 Å². The average Bonchev–Trinajstić information content (AvgIpc) is 3.58. The summed E-state index contributed by atoms with van der Waals surface area (Å²) in [5.41, 5.74) is 9.94. The molecule has 0 bridgehead atoms. The van der Waals surface area contributed by atoms with Crippen molar-refractivity contribution in [3.05, 3.63) is 132 Å². The smallest absolute Gasteiger partial charge is 0.239 e. The summed E-state index contributed by atoms with van der Waals surface area (Å²) in [4.78, 5) is 4.07. The highest BCUT2D eigenvalue weighted by molar-refractivity contribution is 5.65. The van der Waals surface area contributed by atoms with Crippen molar-refractivity contribution in [3.8, 4) is 0 Å². The van der Waals surface area contributed by atoms with E-state index in [0.717, 1.165) is 16.7 Å². The van der Waals surface area contributed by atoms with E-state index in [1.807, 2.05) is 91.0 Å². The predicted octanol–water partition coefficient (Wildman–Crippen LogP) is 4.59. The van der Waals surface area contributed by atoms with Crippen molar-refractivity contribution in [2.75, 3.05) is 12.3 Å². The molecule has 0 spiro atoms. The molecule has 6 rings (SSSR count). The van der Waals surface area contributed by atoms with Crippen LogP contribution >= 0.6 is 0 Å². The number of fused-ring (bicyclic) bond motifs is 1. The van der Waals surface area contributed by atoms with Crippen LogP contribution in [0.25, 0.3) is 5.52 Å². The van der Waals surface area contributed by atoms with Crippen molar-refractivity contribution < 1.29 is 24.1 Å². The monoisotopic (exact) mass is 552 g/mol. The van der Waals surface area contributed by atoms with Crippen LogP contribution in [0.5, 0.6) is 0 Å². The topological polar surface area (TPSA) is 113 Å². The molecule has 210 valence electrons. The van der Waals surface area contributed by atoms with Crippen molar-refractivity contribution in [2.24, 2.45) is 0 Å². The maximum Gasteiger partial charge on any atom is 0.239 e. The van der Waals surface area contributed by atoms with E-state index in [0.29, 0.717) is 17.8 Å². The van der Waals surface area contributed by atoms with Crippen LogP contribution < -0.4 is 5.73 Å². The Kier molecular flexibility index (Phi) is 7.78. The zero-order valence-electron chi connectivity index (χ0n) is 22.5. The molecular weight excluding hydrogens is 520 g/mol. The molecule has 0 radical (unpaired) electrons. The van der Waals surface area contributed by atoms with Gasteiger partial charge in [-0.15, -0.1) is 0 Å². The van der Waals surface area contributed by atoms with Crippen LogP contribution in [0, 0.1) is 0 Å². The zero-order chi connectivity index (χ0) is 28.1. The fraction of sp³-hybridized carbons (Fsp3) is 0.250. The average molecular weight is 553 g/mol. The summed E-state index contributed by atoms with van der Waals surface area (Å²) < 4.78 is 27.1. The van der Waals surface area contributed by atoms with Crippen molar-refractivity contribution in [3.63, 3.8) is 0 Å². The van der Waals surface area contributed by atoms with E-state index in [9.17, 15) is 5.11 Å². The minimum atomic E-state index is -1.94. The molecule has 0 aliphatic carbocycles. The molecule has 1 fully saturated rings. The number of nitrogen functional groups attached to an aromatic ring is 1. The molecule has 9 heteroatoms. The highest BCUT2D eigenvalue weighted by atomic mass is 16.8. The molecule has 1 aliphatic heterocycles. The molecule has 5 aromatic rings. The van der Waals surface area contributed by atoms with Gasteiger partial charge in [-0.1, -0.05) is 91.0 Å². The number of rotatable bonds is 11. The predicted molar refractivity (Wildman–Crippen MR) is 152 cm³/mol. The number of aromatic nitrogens is 3. The second kappa shape index (κ2) is 11.8. The number of aliphatic hydroxyl groups is 1. The van der Waals surface area contributed by atoms with Crippen molar-refractivity contribution in [1.82, 2.24) is 14.6 Å². The first-order valence-electron chi connectivity index (χ1n) is 13.5. The normalized spacial score (nSPS) is 22.3. The molecule has 0 saturated carbocycles. The van der Waals surface area contributed by atoms with Gasteiger partial charge >= 0.3 is 0 Å². The van der Waals surface area contributed by atoms with Gasteiger partial charge in [0.2, 0.25) is 5.79 Å². The van der Waals surface area contributed by atoms with Crippen LogP contribution in [-0.2, 0) is 44.6 Å². The first-order chi connectivity index (χ1) is 20.0. The molecule has 41 heavy (non-hydrogen) atoms. The number of ether oxygens (including phenoxy) is 4. The fourth-order valence-electron chi connectivity index (χ4n) is 5.10. The van der Waals surface area contributed by atoms with Gasteiger partial charge in [-0.25, -0.2) is 9.50 Å². The van der Waals surface area contributed by atoms with Gasteiger partial charge in [0.25, 0.3) is 0 Å². The van der Waals surface area contributed by atoms with E-state index in [2.05, 4.69) is 10.1 Å². The molecule has 9 nitrogen and oxygen atoms in total. The Morgan fingerprint density at radius 1 is 0.829 bits per heavy atom. The number of nitrogens with zero attached hydrogens (tertiary/aromatic N) is 3. The standard InChI is InChI=1S/C32H32N4O5/c33-30-27-16-17-28(36(27)35-23-34-30)32(37)29(39-20-25-12-6-2-7-13-25)18-31(41-32,40-21-26-14-8-3-9-15-26)22-38-19-24-10-4-1-5-11-24/h1-17,23,29,37H,18-22H2,(H2,33,34,35)/t29-,31+,32?/m1/s1. The molecule has 1 saturated heterocycles. The second-order valence-electron chi connectivity index (χ2n) is 10.1. The molecular formula is C32H32N4O5. The van der Waals surface area contributed by atoms with Gasteiger partial charge in [0.1, 0.15) is 30.2 Å². The third kappa shape index (κ3) is 5.85. The lowest BCUT2D eigenvalue weighted by molar-refractivity contribution is -0.340. The lowest BCUT2D eigenvalue weighted by Gasteiger charge is -2.32. The number of hydrogen-bond donors (Lipinski definition) is 2. The molecule has 3 heterocycles. The van der Waals surface area contributed by atoms with E-state index in [-0.39, 0.29) is 32.1 Å². The van der Waals surface area contributed by atoms with Gasteiger partial charge in [-0.05, 0) is 28.8 Å². The van der Waals surface area contributed by atoms with Crippen LogP contribution in [0.4, 0.5) is 5.82 Å². The summed E-state index contributed by atoms with van der Waals surface area (Å²) in [6, 6.07) is 32.9. The lowest BCUT2D eigenvalue weighted by Crippen LogP contribution is -2.42. The SMILES string of the molecule is Nc1ncnn2c(C3(O)O[C@@](COCc4ccccc4)(OCc4ccccc4)C[C@H]3OCc3ccccc3)ccc12. The Balaban J connectivity index is 1.34. The maximum atomic E-state index is 12.3. The quantitative estimate of drug-likeness (QED) is 0.245. The summed E-state index contributed by atoms with van der Waals surface area (Å²) in [6.07, 6.45) is 0.714. The third-order valence-electron chi connectivity index (χ3n) is 7.20. The third-order valence-corrected chi connectivity index (χ3v) is 7.20. The molecule has 2 aromatic heterocycles. The van der Waals surface area contributed by atoms with E-state index in [4.69, 9.17) is 24.7 Å². The largest absolute Gasteiger partial charge is 0.382 e. The molecule has 3 N–H and O–H groups in total. The lowest BCUT2D eigenvalue weighted by atomic mass is 10.0. The van der Waals surface area contributed by atoms with Gasteiger partial charge in [-0.3, -0.25) is 0 Å². The van der Waals surface area contributed by atoms with Crippen molar-refractivity contribution in [1.29, 1.82) is 0 Å². The Labute approximate surface area is 238 Å². The molecule has 1 aliphatic rings. The van der Waals surface area contributed by atoms with Gasteiger partial charge in [0, 0.05) is 6.42 Å². The highest BCUT2D eigenvalue weighted by Gasteiger charge is 2.59. The van der Waals surface area contributed by atoms with Gasteiger partial charge in [-0.2, -0.15) is 5.10 Å². The summed E-state index contributed by atoms with van der Waals surface area (Å²) >= 11 is 0. The number of benzene rings is 3. The first-order valence-corrected chi connectivity index (χ1v) is 13.5. The summed E-state index contributed by atoms with van der Waals surface area (Å²) in [7, 11) is 0. The van der Waals surface area contributed by atoms with Crippen LogP contribution in [0.3, 0.4) is 0 Å². The van der Waals surface area contributed by atoms with E-state index >= 15 is 0 Å². The Bertz CT molecular complexity index is 1570. The number of hydrogen-bond acceptors (Lipinski definition) is 8. The Morgan fingerprint density at radius 2 is 1.44 bits per heavy atom. The molecule has 3 aromatic carbocycles. The maximum absolute atomic E-state index is 12.3. The summed E-state index contributed by atoms with van der Waals surface area (Å²) in [5.74, 6) is -2.98. The number of anilines is 1. The Morgan fingerprint density at radius 3 is 2.10 bits per heavy atom. The van der Waals surface area contributed by atoms with E-state index in [1.54, 1.807) is 12.1 Å². The van der Waals surface area contributed by atoms with E-state index < -0.39 is 17.7 Å². The van der Waals surface area contributed by atoms with Crippen LogP contribution in [0.2, 0.25) is 0 Å². The Hall–Kier alpha value is -4.12. The van der Waals surface area contributed by atoms with Gasteiger partial charge in [0.05, 0.1) is 19.8 Å². The van der Waals surface area contributed by atoms with Crippen LogP contribution in [-0.4, -0.2) is 38.2 Å². The first kappa shape index (κ1) is 27.1. The molecule has 1 unspecified atom stereocenters. The highest BCUT2D eigenvalue weighted by Crippen LogP contribution is 2.46. The zero-order valence-corrected chi connectivity index (χ0v) is 22.5. The summed E-state index contributed by atoms with van der Waals surface area (Å²) in [5, 5.41) is 16.7. The minimum absolute atomic E-state index is 0.0582. The van der Waals surface area contributed by atoms with Crippen LogP contribution in [0.1, 0.15) is 28.8 Å². The van der Waals surface area contributed by atoms with Crippen molar-refractivity contribution >= 4 is 11.3 Å². The number of nitrogens with two attached hydrogens (primary N) is 1. The fourth-order valence-corrected chi connectivity index (χ4v) is 5.10. The second-order valence-corrected chi connectivity index (χ2v) is 10.1. The molecule has 0 amide bonds. The summed E-state index contributed by atoms with van der Waals surface area (Å²) in [6.45, 7) is 0.924.